The molecule has 0 saturated carbocycles. The van der Waals surface area contributed by atoms with E-state index in [2.05, 4.69) is 18.6 Å². The number of hydrogen-bond donors (Lipinski definition) is 2. The Morgan fingerprint density at radius 3 is 2.58 bits per heavy atom. The van der Waals surface area contributed by atoms with Crippen molar-refractivity contribution in [2.45, 2.75) is 64.0 Å². The van der Waals surface area contributed by atoms with Gasteiger partial charge in [0.2, 0.25) is 10.0 Å². The first kappa shape index (κ1) is 16.9. The highest BCUT2D eigenvalue weighted by Gasteiger charge is 2.35. The predicted octanol–water partition coefficient (Wildman–Crippen LogP) is 1.38. The van der Waals surface area contributed by atoms with Gasteiger partial charge in [-0.25, -0.2) is 13.1 Å². The fourth-order valence-corrected chi connectivity index (χ4v) is 4.03. The molecule has 0 bridgehead atoms. The summed E-state index contributed by atoms with van der Waals surface area (Å²) in [5.74, 6) is 0.173. The second kappa shape index (κ2) is 7.57. The average Bonchev–Trinajstić information content (AvgIpc) is 2.38. The third kappa shape index (κ3) is 5.38. The standard InChI is InChI=1S/C13H28N2O3S/c1-3-13(4-2)11-12(7-9-18-13)15-19(16,17)10-6-5-8-14/h12,15H,3-11,14H2,1-2H3. The van der Waals surface area contributed by atoms with Crippen LogP contribution in [0, 0.1) is 0 Å². The summed E-state index contributed by atoms with van der Waals surface area (Å²) in [5, 5.41) is 0. The Morgan fingerprint density at radius 2 is 2.00 bits per heavy atom. The van der Waals surface area contributed by atoms with E-state index in [4.69, 9.17) is 10.5 Å². The molecule has 0 radical (unpaired) electrons. The zero-order valence-electron chi connectivity index (χ0n) is 12.2. The summed E-state index contributed by atoms with van der Waals surface area (Å²) in [5.41, 5.74) is 5.23. The summed E-state index contributed by atoms with van der Waals surface area (Å²) < 4.78 is 32.6. The maximum Gasteiger partial charge on any atom is 0.211 e. The van der Waals surface area contributed by atoms with E-state index in [1.165, 1.54) is 0 Å². The molecule has 5 nitrogen and oxygen atoms in total. The van der Waals surface area contributed by atoms with Crippen molar-refractivity contribution in [3.63, 3.8) is 0 Å². The molecular weight excluding hydrogens is 264 g/mol. The third-order valence-electron chi connectivity index (χ3n) is 4.00. The Bertz CT molecular complexity index is 353. The van der Waals surface area contributed by atoms with Crippen molar-refractivity contribution in [2.24, 2.45) is 5.73 Å². The summed E-state index contributed by atoms with van der Waals surface area (Å²) in [6.45, 7) is 5.38. The van der Waals surface area contributed by atoms with E-state index in [1.54, 1.807) is 0 Å². The maximum atomic E-state index is 12.0. The zero-order chi connectivity index (χ0) is 14.4. The van der Waals surface area contributed by atoms with Gasteiger partial charge in [0.15, 0.2) is 0 Å². The number of unbranched alkanes of at least 4 members (excludes halogenated alkanes) is 1. The van der Waals surface area contributed by atoms with Crippen LogP contribution in [0.15, 0.2) is 0 Å². The first-order valence-corrected chi connectivity index (χ1v) is 8.96. The molecule has 0 aliphatic carbocycles. The van der Waals surface area contributed by atoms with Crippen LogP contribution in [0.5, 0.6) is 0 Å². The van der Waals surface area contributed by atoms with Gasteiger partial charge in [0, 0.05) is 12.6 Å². The molecule has 1 fully saturated rings. The molecule has 1 unspecified atom stereocenters. The minimum atomic E-state index is -3.18. The van der Waals surface area contributed by atoms with Gasteiger partial charge in [-0.3, -0.25) is 0 Å². The highest BCUT2D eigenvalue weighted by Crippen LogP contribution is 2.31. The Hall–Kier alpha value is -0.170. The second-order valence-corrected chi connectivity index (χ2v) is 7.23. The minimum absolute atomic E-state index is 0.0107. The molecule has 19 heavy (non-hydrogen) atoms. The van der Waals surface area contributed by atoms with Crippen molar-refractivity contribution in [3.8, 4) is 0 Å². The Labute approximate surface area is 117 Å². The smallest absolute Gasteiger partial charge is 0.211 e. The fraction of sp³-hybridized carbons (Fsp3) is 1.00. The SMILES string of the molecule is CCC1(CC)CC(NS(=O)(=O)CCCCN)CCO1. The number of hydrogen-bond acceptors (Lipinski definition) is 4. The van der Waals surface area contributed by atoms with Crippen LogP contribution in [0.2, 0.25) is 0 Å². The molecule has 0 amide bonds. The van der Waals surface area contributed by atoms with Crippen molar-refractivity contribution in [1.82, 2.24) is 4.72 Å². The van der Waals surface area contributed by atoms with E-state index in [0.717, 1.165) is 32.1 Å². The summed E-state index contributed by atoms with van der Waals surface area (Å²) in [6, 6.07) is 0.0107. The van der Waals surface area contributed by atoms with Crippen LogP contribution in [-0.4, -0.2) is 39.0 Å². The molecule has 6 heteroatoms. The van der Waals surface area contributed by atoms with Crippen LogP contribution in [0.3, 0.4) is 0 Å². The first-order valence-electron chi connectivity index (χ1n) is 7.31. The first-order chi connectivity index (χ1) is 8.97. The van der Waals surface area contributed by atoms with Crippen LogP contribution >= 0.6 is 0 Å². The summed E-state index contributed by atoms with van der Waals surface area (Å²) >= 11 is 0. The monoisotopic (exact) mass is 292 g/mol. The molecule has 0 aromatic rings. The van der Waals surface area contributed by atoms with Crippen molar-refractivity contribution in [2.75, 3.05) is 18.9 Å². The molecular formula is C13H28N2O3S. The van der Waals surface area contributed by atoms with Crippen molar-refractivity contribution < 1.29 is 13.2 Å². The lowest BCUT2D eigenvalue weighted by Crippen LogP contribution is -2.48. The normalized spacial score (nSPS) is 23.4. The predicted molar refractivity (Wildman–Crippen MR) is 77.5 cm³/mol. The topological polar surface area (TPSA) is 81.4 Å². The van der Waals surface area contributed by atoms with E-state index in [-0.39, 0.29) is 17.4 Å². The summed E-state index contributed by atoms with van der Waals surface area (Å²) in [7, 11) is -3.18. The Morgan fingerprint density at radius 1 is 1.32 bits per heavy atom. The number of rotatable bonds is 8. The lowest BCUT2D eigenvalue weighted by Gasteiger charge is -2.40. The molecule has 114 valence electrons. The van der Waals surface area contributed by atoms with E-state index >= 15 is 0 Å². The number of nitrogens with two attached hydrogens (primary N) is 1. The van der Waals surface area contributed by atoms with Gasteiger partial charge in [-0.05, 0) is 45.1 Å². The van der Waals surface area contributed by atoms with Gasteiger partial charge in [-0.2, -0.15) is 0 Å². The molecule has 1 heterocycles. The minimum Gasteiger partial charge on any atom is -0.375 e. The second-order valence-electron chi connectivity index (χ2n) is 5.36. The van der Waals surface area contributed by atoms with Crippen LogP contribution in [0.1, 0.15) is 52.4 Å². The molecule has 1 atom stereocenters. The zero-order valence-corrected chi connectivity index (χ0v) is 13.0. The Balaban J connectivity index is 2.52. The average molecular weight is 292 g/mol. The van der Waals surface area contributed by atoms with Crippen molar-refractivity contribution in [1.29, 1.82) is 0 Å². The molecule has 1 aliphatic heterocycles. The fourth-order valence-electron chi connectivity index (χ4n) is 2.62. The van der Waals surface area contributed by atoms with Crippen molar-refractivity contribution in [3.05, 3.63) is 0 Å². The molecule has 1 rings (SSSR count). The molecule has 1 aliphatic rings. The van der Waals surface area contributed by atoms with Crippen LogP contribution < -0.4 is 10.5 Å². The highest BCUT2D eigenvalue weighted by atomic mass is 32.2. The van der Waals surface area contributed by atoms with Crippen LogP contribution in [0.25, 0.3) is 0 Å². The van der Waals surface area contributed by atoms with Crippen molar-refractivity contribution >= 4 is 10.0 Å². The summed E-state index contributed by atoms with van der Waals surface area (Å²) in [4.78, 5) is 0. The molecule has 0 aromatic carbocycles. The van der Waals surface area contributed by atoms with Gasteiger partial charge in [0.05, 0.1) is 11.4 Å². The molecule has 1 saturated heterocycles. The largest absolute Gasteiger partial charge is 0.375 e. The number of sulfonamides is 1. The summed E-state index contributed by atoms with van der Waals surface area (Å²) in [6.07, 6.45) is 4.77. The van der Waals surface area contributed by atoms with Gasteiger partial charge in [-0.1, -0.05) is 13.8 Å². The van der Waals surface area contributed by atoms with Gasteiger partial charge in [0.25, 0.3) is 0 Å². The van der Waals surface area contributed by atoms with E-state index in [0.29, 0.717) is 19.6 Å². The number of ether oxygens (including phenoxy) is 1. The lowest BCUT2D eigenvalue weighted by atomic mass is 9.86. The molecule has 3 N–H and O–H groups in total. The van der Waals surface area contributed by atoms with Gasteiger partial charge in [-0.15, -0.1) is 0 Å². The van der Waals surface area contributed by atoms with Crippen LogP contribution in [-0.2, 0) is 14.8 Å². The van der Waals surface area contributed by atoms with E-state index in [1.807, 2.05) is 0 Å². The van der Waals surface area contributed by atoms with Gasteiger partial charge >= 0.3 is 0 Å². The lowest BCUT2D eigenvalue weighted by molar-refractivity contribution is -0.0905. The maximum absolute atomic E-state index is 12.0. The highest BCUT2D eigenvalue weighted by molar-refractivity contribution is 7.89. The quantitative estimate of drug-likeness (QED) is 0.662. The number of nitrogens with one attached hydrogen (secondary N) is 1. The molecule has 0 spiro atoms. The van der Waals surface area contributed by atoms with Gasteiger partial charge < -0.3 is 10.5 Å². The molecule has 0 aromatic heterocycles. The van der Waals surface area contributed by atoms with Crippen LogP contribution in [0.4, 0.5) is 0 Å². The van der Waals surface area contributed by atoms with Gasteiger partial charge in [0.1, 0.15) is 0 Å². The van der Waals surface area contributed by atoms with E-state index < -0.39 is 10.0 Å². The Kier molecular flexibility index (Phi) is 6.73. The third-order valence-corrected chi connectivity index (χ3v) is 5.51. The van der Waals surface area contributed by atoms with E-state index in [9.17, 15) is 8.42 Å².